The minimum absolute atomic E-state index is 0.729. The first-order chi connectivity index (χ1) is 11.9. The quantitative estimate of drug-likeness (QED) is 0.575. The fourth-order valence-electron chi connectivity index (χ4n) is 2.61. The predicted octanol–water partition coefficient (Wildman–Crippen LogP) is 2.27. The second-order valence-electron chi connectivity index (χ2n) is 5.60. The fourth-order valence-corrected chi connectivity index (χ4v) is 2.61. The van der Waals surface area contributed by atoms with Gasteiger partial charge in [-0.1, -0.05) is 30.3 Å². The van der Waals surface area contributed by atoms with Crippen molar-refractivity contribution in [3.05, 3.63) is 60.4 Å². The minimum Gasteiger partial charge on any atom is -0.355 e. The number of aliphatic imine (C=N–C) groups is 1. The van der Waals surface area contributed by atoms with Gasteiger partial charge in [-0.2, -0.15) is 5.10 Å². The molecular formula is C18H18N6. The van der Waals surface area contributed by atoms with Gasteiger partial charge in [0, 0.05) is 36.6 Å². The molecule has 1 aromatic carbocycles. The van der Waals surface area contributed by atoms with Gasteiger partial charge in [0.15, 0.2) is 0 Å². The number of aromatic nitrogens is 2. The molecule has 0 amide bonds. The lowest BCUT2D eigenvalue weighted by Gasteiger charge is -2.12. The third kappa shape index (κ3) is 3.12. The lowest BCUT2D eigenvalue weighted by Crippen LogP contribution is -2.38. The van der Waals surface area contributed by atoms with E-state index in [0.29, 0.717) is 0 Å². The van der Waals surface area contributed by atoms with Gasteiger partial charge in [0.05, 0.1) is 11.9 Å². The molecule has 0 fully saturated rings. The molecule has 0 bridgehead atoms. The Morgan fingerprint density at radius 3 is 2.88 bits per heavy atom. The average molecular weight is 318 g/mol. The zero-order valence-corrected chi connectivity index (χ0v) is 13.2. The van der Waals surface area contributed by atoms with Crippen LogP contribution in [0.4, 0.5) is 0 Å². The molecule has 0 unspecified atom stereocenters. The number of pyridine rings is 1. The van der Waals surface area contributed by atoms with Gasteiger partial charge in [0.25, 0.3) is 0 Å². The second kappa shape index (κ2) is 6.54. The van der Waals surface area contributed by atoms with Gasteiger partial charge in [-0.25, -0.2) is 10.4 Å². The van der Waals surface area contributed by atoms with Crippen molar-refractivity contribution in [3.8, 4) is 11.3 Å². The monoisotopic (exact) mass is 318 g/mol. The highest BCUT2D eigenvalue weighted by Crippen LogP contribution is 2.18. The molecule has 6 nitrogen and oxygen atoms in total. The molecule has 3 aromatic rings. The highest BCUT2D eigenvalue weighted by atomic mass is 15.4. The Balaban J connectivity index is 1.53. The van der Waals surface area contributed by atoms with Crippen LogP contribution in [-0.2, 0) is 0 Å². The number of imidazole rings is 1. The van der Waals surface area contributed by atoms with Crippen LogP contribution in [0.5, 0.6) is 0 Å². The van der Waals surface area contributed by atoms with E-state index < -0.39 is 0 Å². The molecule has 0 spiro atoms. The molecule has 6 heteroatoms. The summed E-state index contributed by atoms with van der Waals surface area (Å²) in [5.74, 6) is 0.729. The van der Waals surface area contributed by atoms with Crippen molar-refractivity contribution in [1.82, 2.24) is 20.1 Å². The molecule has 1 aliphatic heterocycles. The van der Waals surface area contributed by atoms with E-state index in [9.17, 15) is 0 Å². The van der Waals surface area contributed by atoms with Crippen LogP contribution in [0.25, 0.3) is 16.9 Å². The number of rotatable bonds is 3. The number of hydrogen-bond acceptors (Lipinski definition) is 5. The number of fused-ring (bicyclic) bond motifs is 1. The number of benzene rings is 1. The molecule has 0 saturated heterocycles. The van der Waals surface area contributed by atoms with E-state index in [2.05, 4.69) is 38.0 Å². The summed E-state index contributed by atoms with van der Waals surface area (Å²) >= 11 is 0. The maximum atomic E-state index is 4.65. The maximum Gasteiger partial charge on any atom is 0.212 e. The molecule has 2 N–H and O–H groups in total. The van der Waals surface area contributed by atoms with E-state index in [4.69, 9.17) is 0 Å². The van der Waals surface area contributed by atoms with Crippen molar-refractivity contribution < 1.29 is 0 Å². The van der Waals surface area contributed by atoms with Crippen molar-refractivity contribution in [2.75, 3.05) is 13.1 Å². The maximum absolute atomic E-state index is 4.65. The van der Waals surface area contributed by atoms with Crippen molar-refractivity contribution >= 4 is 17.8 Å². The predicted molar refractivity (Wildman–Crippen MR) is 96.3 cm³/mol. The standard InChI is InChI=1S/C18H18N6/c1-2-5-15(6-3-1)16-13-24-12-14(7-8-17(24)22-16)11-21-23-18-19-9-4-10-20-18/h1-3,5-8,11-13H,4,9-10H2,(H2,19,20,23)/b21-11+. The van der Waals surface area contributed by atoms with Crippen LogP contribution in [0, 0.1) is 0 Å². The van der Waals surface area contributed by atoms with E-state index in [1.807, 2.05) is 47.1 Å². The number of nitrogens with one attached hydrogen (secondary N) is 2. The Hall–Kier alpha value is -3.15. The number of nitrogens with zero attached hydrogens (tertiary/aromatic N) is 4. The molecule has 1 aliphatic rings. The Morgan fingerprint density at radius 1 is 1.12 bits per heavy atom. The molecular weight excluding hydrogens is 300 g/mol. The van der Waals surface area contributed by atoms with Crippen LogP contribution in [-0.4, -0.2) is 34.6 Å². The second-order valence-corrected chi connectivity index (χ2v) is 5.60. The Labute approximate surface area is 140 Å². The molecule has 2 aromatic heterocycles. The first kappa shape index (κ1) is 14.4. The summed E-state index contributed by atoms with van der Waals surface area (Å²) in [6.07, 6.45) is 6.88. The highest BCUT2D eigenvalue weighted by Gasteiger charge is 2.04. The molecule has 4 rings (SSSR count). The van der Waals surface area contributed by atoms with E-state index in [1.54, 1.807) is 6.21 Å². The number of hydrogen-bond donors (Lipinski definition) is 2. The Bertz CT molecular complexity index is 894. The number of guanidine groups is 1. The minimum atomic E-state index is 0.729. The molecule has 0 atom stereocenters. The third-order valence-electron chi connectivity index (χ3n) is 3.82. The van der Waals surface area contributed by atoms with E-state index >= 15 is 0 Å². The largest absolute Gasteiger partial charge is 0.355 e. The summed E-state index contributed by atoms with van der Waals surface area (Å²) in [7, 11) is 0. The molecule has 0 radical (unpaired) electrons. The van der Waals surface area contributed by atoms with Crippen molar-refractivity contribution in [3.63, 3.8) is 0 Å². The topological polar surface area (TPSA) is 66.1 Å². The molecule has 0 saturated carbocycles. The van der Waals surface area contributed by atoms with Crippen LogP contribution >= 0.6 is 0 Å². The van der Waals surface area contributed by atoms with Gasteiger partial charge >= 0.3 is 0 Å². The van der Waals surface area contributed by atoms with Crippen LogP contribution in [0.2, 0.25) is 0 Å². The smallest absolute Gasteiger partial charge is 0.212 e. The fraction of sp³-hybridized carbons (Fsp3) is 0.167. The summed E-state index contributed by atoms with van der Waals surface area (Å²) < 4.78 is 2.01. The van der Waals surface area contributed by atoms with Gasteiger partial charge in [-0.3, -0.25) is 4.99 Å². The van der Waals surface area contributed by atoms with Gasteiger partial charge < -0.3 is 9.72 Å². The van der Waals surface area contributed by atoms with Gasteiger partial charge in [-0.05, 0) is 18.6 Å². The average Bonchev–Trinajstić information content (AvgIpc) is 3.07. The number of hydrazone groups is 1. The lowest BCUT2D eigenvalue weighted by molar-refractivity contribution is 0.712. The van der Waals surface area contributed by atoms with Gasteiger partial charge in [0.2, 0.25) is 5.96 Å². The lowest BCUT2D eigenvalue weighted by atomic mass is 10.2. The third-order valence-corrected chi connectivity index (χ3v) is 3.82. The molecule has 24 heavy (non-hydrogen) atoms. The Kier molecular flexibility index (Phi) is 3.93. The van der Waals surface area contributed by atoms with Gasteiger partial charge in [0.1, 0.15) is 5.65 Å². The first-order valence-corrected chi connectivity index (χ1v) is 8.00. The van der Waals surface area contributed by atoms with Crippen molar-refractivity contribution in [1.29, 1.82) is 0 Å². The summed E-state index contributed by atoms with van der Waals surface area (Å²) in [5, 5.41) is 7.40. The van der Waals surface area contributed by atoms with E-state index in [-0.39, 0.29) is 0 Å². The first-order valence-electron chi connectivity index (χ1n) is 8.00. The van der Waals surface area contributed by atoms with Crippen molar-refractivity contribution in [2.45, 2.75) is 6.42 Å². The normalized spacial score (nSPS) is 14.6. The van der Waals surface area contributed by atoms with Crippen LogP contribution < -0.4 is 10.7 Å². The summed E-state index contributed by atoms with van der Waals surface area (Å²) in [6.45, 7) is 1.78. The Morgan fingerprint density at radius 2 is 2.04 bits per heavy atom. The molecule has 120 valence electrons. The van der Waals surface area contributed by atoms with Crippen LogP contribution in [0.15, 0.2) is 65.0 Å². The van der Waals surface area contributed by atoms with Crippen LogP contribution in [0.1, 0.15) is 12.0 Å². The molecule has 3 heterocycles. The zero-order chi connectivity index (χ0) is 16.2. The van der Waals surface area contributed by atoms with E-state index in [0.717, 1.165) is 47.9 Å². The highest BCUT2D eigenvalue weighted by molar-refractivity contribution is 5.84. The summed E-state index contributed by atoms with van der Waals surface area (Å²) in [5.41, 5.74) is 6.91. The van der Waals surface area contributed by atoms with E-state index in [1.165, 1.54) is 0 Å². The SMILES string of the molecule is C(=N\NC1=NCCCN1)/c1ccc2nc(-c3ccccc3)cn2c1. The zero-order valence-electron chi connectivity index (χ0n) is 13.2. The van der Waals surface area contributed by atoms with Crippen LogP contribution in [0.3, 0.4) is 0 Å². The summed E-state index contributed by atoms with van der Waals surface area (Å²) in [6, 6.07) is 14.2. The van der Waals surface area contributed by atoms with Crippen molar-refractivity contribution in [2.24, 2.45) is 10.1 Å². The van der Waals surface area contributed by atoms with Gasteiger partial charge in [-0.15, -0.1) is 0 Å². The molecule has 0 aliphatic carbocycles. The summed E-state index contributed by atoms with van der Waals surface area (Å²) in [4.78, 5) is 8.96.